The van der Waals surface area contributed by atoms with Gasteiger partial charge in [0.1, 0.15) is 11.4 Å². The molecule has 6 aromatic carbocycles. The number of aryl methyl sites for hydroxylation is 2. The van der Waals surface area contributed by atoms with Crippen molar-refractivity contribution in [3.05, 3.63) is 156 Å². The zero-order valence-electron chi connectivity index (χ0n) is 31.0. The number of hydrogen-bond donors (Lipinski definition) is 0. The number of para-hydroxylation sites is 5. The van der Waals surface area contributed by atoms with Crippen LogP contribution in [0.5, 0.6) is 11.5 Å². The van der Waals surface area contributed by atoms with E-state index in [-0.39, 0.29) is 26.5 Å². The Bertz CT molecular complexity index is 3090. The van der Waals surface area contributed by atoms with E-state index < -0.39 is 0 Å². The minimum atomic E-state index is -0.0360. The third-order valence-corrected chi connectivity index (χ3v) is 10.5. The summed E-state index contributed by atoms with van der Waals surface area (Å²) in [5.41, 5.74) is 10.6. The minimum Gasteiger partial charge on any atom is -0.499 e. The fourth-order valence-electron chi connectivity index (χ4n) is 7.81. The fraction of sp³-hybridized carbons (Fsp3) is 0.125. The van der Waals surface area contributed by atoms with Crippen LogP contribution in [-0.2, 0) is 26.5 Å². The molecular formula is C48H36N4O2Pt. The Kier molecular flexibility index (Phi) is 8.29. The maximum absolute atomic E-state index is 6.85. The number of pyridine rings is 1. The summed E-state index contributed by atoms with van der Waals surface area (Å²) in [7, 11) is 0. The zero-order chi connectivity index (χ0) is 36.7. The van der Waals surface area contributed by atoms with Crippen LogP contribution in [0.1, 0.15) is 37.5 Å². The second kappa shape index (κ2) is 13.1. The van der Waals surface area contributed by atoms with E-state index in [1.165, 1.54) is 5.56 Å². The van der Waals surface area contributed by atoms with E-state index in [1.54, 1.807) is 0 Å². The van der Waals surface area contributed by atoms with Crippen LogP contribution >= 0.6 is 0 Å². The zero-order valence-corrected chi connectivity index (χ0v) is 33.3. The van der Waals surface area contributed by atoms with E-state index in [9.17, 15) is 0 Å². The van der Waals surface area contributed by atoms with Crippen LogP contribution in [-0.4, -0.2) is 19.1 Å². The normalized spacial score (nSPS) is 11.9. The van der Waals surface area contributed by atoms with Crippen molar-refractivity contribution < 1.29 is 30.2 Å². The topological polar surface area (TPSA) is 58.0 Å². The Hall–Kier alpha value is -5.97. The summed E-state index contributed by atoms with van der Waals surface area (Å²) < 4.78 is 17.8. The van der Waals surface area contributed by atoms with Crippen LogP contribution in [0.4, 0.5) is 0 Å². The molecular weight excluding hydrogens is 860 g/mol. The van der Waals surface area contributed by atoms with E-state index in [2.05, 4.69) is 147 Å². The van der Waals surface area contributed by atoms with Crippen molar-refractivity contribution in [3.8, 4) is 34.4 Å². The number of benzene rings is 6. The number of nitrogens with zero attached hydrogens (tertiary/aromatic N) is 4. The summed E-state index contributed by atoms with van der Waals surface area (Å²) in [5, 5.41) is 4.10. The number of imidazole rings is 1. The first-order valence-electron chi connectivity index (χ1n) is 18.3. The standard InChI is InChI=1S/C48H36N4O2.Pt/c1-29-13-12-14-30(2)45(29)52-40-19-10-8-17-38(40)50-47(52)31-25-37-36-16-7-11-20-42(36)54-46(37)43(26-31)53-33-21-22-35-34-15-6-9-18-39(34)51(41(35)28-33)44-27-32(23-24-49-44)48(3,4)5;/h6-25,27H,1-5H3;/q-2;+2. The minimum absolute atomic E-state index is 0. The number of aromatic nitrogens is 4. The molecule has 0 N–H and O–H groups in total. The molecule has 10 rings (SSSR count). The van der Waals surface area contributed by atoms with Gasteiger partial charge in [0.2, 0.25) is 0 Å². The van der Waals surface area contributed by atoms with Gasteiger partial charge >= 0.3 is 21.1 Å². The molecule has 0 fully saturated rings. The molecule has 0 aliphatic rings. The molecule has 0 amide bonds. The van der Waals surface area contributed by atoms with Gasteiger partial charge in [0.05, 0.1) is 28.2 Å². The first-order chi connectivity index (χ1) is 26.2. The van der Waals surface area contributed by atoms with E-state index in [0.717, 1.165) is 83.2 Å². The molecule has 0 atom stereocenters. The summed E-state index contributed by atoms with van der Waals surface area (Å²) in [4.78, 5) is 10.1. The van der Waals surface area contributed by atoms with Crippen LogP contribution in [0.15, 0.2) is 132 Å². The first kappa shape index (κ1) is 34.8. The predicted octanol–water partition coefficient (Wildman–Crippen LogP) is 12.4. The molecule has 0 radical (unpaired) electrons. The summed E-state index contributed by atoms with van der Waals surface area (Å²) in [5.74, 6) is 2.61. The van der Waals surface area contributed by atoms with Gasteiger partial charge in [-0.05, 0) is 77.7 Å². The van der Waals surface area contributed by atoms with E-state index >= 15 is 0 Å². The molecule has 0 aliphatic heterocycles. The van der Waals surface area contributed by atoms with Crippen molar-refractivity contribution in [2.24, 2.45) is 0 Å². The first-order valence-corrected chi connectivity index (χ1v) is 18.3. The molecule has 7 heteroatoms. The van der Waals surface area contributed by atoms with Gasteiger partial charge in [0.25, 0.3) is 0 Å². The Morgan fingerprint density at radius 1 is 0.673 bits per heavy atom. The second-order valence-electron chi connectivity index (χ2n) is 15.0. The van der Waals surface area contributed by atoms with Crippen molar-refractivity contribution in [2.75, 3.05) is 0 Å². The summed E-state index contributed by atoms with van der Waals surface area (Å²) in [6.07, 6.45) is 1.89. The molecule has 270 valence electrons. The number of furan rings is 1. The van der Waals surface area contributed by atoms with Crippen molar-refractivity contribution in [3.63, 3.8) is 0 Å². The van der Waals surface area contributed by atoms with Crippen molar-refractivity contribution in [1.82, 2.24) is 19.1 Å². The van der Waals surface area contributed by atoms with Crippen LogP contribution in [0.25, 0.3) is 77.7 Å². The maximum atomic E-state index is 6.85. The second-order valence-corrected chi connectivity index (χ2v) is 15.0. The van der Waals surface area contributed by atoms with Gasteiger partial charge in [-0.3, -0.25) is 4.98 Å². The van der Waals surface area contributed by atoms with Crippen LogP contribution < -0.4 is 4.74 Å². The number of ether oxygens (including phenoxy) is 1. The summed E-state index contributed by atoms with van der Waals surface area (Å²) in [6.45, 7) is 10.9. The Morgan fingerprint density at radius 3 is 2.20 bits per heavy atom. The summed E-state index contributed by atoms with van der Waals surface area (Å²) in [6, 6.07) is 48.9. The Balaban J connectivity index is 0.00000397. The number of fused-ring (bicyclic) bond motifs is 7. The van der Waals surface area contributed by atoms with Gasteiger partial charge in [-0.15, -0.1) is 29.1 Å². The Labute approximate surface area is 333 Å². The van der Waals surface area contributed by atoms with Crippen molar-refractivity contribution in [1.29, 1.82) is 0 Å². The number of rotatable bonds is 5. The molecule has 0 spiro atoms. The quantitative estimate of drug-likeness (QED) is 0.162. The predicted molar refractivity (Wildman–Crippen MR) is 218 cm³/mol. The average Bonchev–Trinajstić information content (AvgIpc) is 3.84. The molecule has 4 heterocycles. The molecule has 0 unspecified atom stereocenters. The third kappa shape index (κ3) is 5.66. The van der Waals surface area contributed by atoms with Crippen molar-refractivity contribution in [2.45, 2.75) is 40.0 Å². The number of hydrogen-bond acceptors (Lipinski definition) is 4. The fourth-order valence-corrected chi connectivity index (χ4v) is 7.81. The van der Waals surface area contributed by atoms with Gasteiger partial charge in [-0.2, -0.15) is 6.07 Å². The molecule has 6 nitrogen and oxygen atoms in total. The molecule has 0 aliphatic carbocycles. The van der Waals surface area contributed by atoms with Gasteiger partial charge in [0.15, 0.2) is 0 Å². The van der Waals surface area contributed by atoms with Crippen LogP contribution in [0, 0.1) is 26.0 Å². The smallest absolute Gasteiger partial charge is 0.499 e. The SMILES string of the molecule is Cc1cccc(C)c1-n1c(-c2[c-]c(Oc3[c-]c4c(cc3)c3ccccc3n4-c3cc(C(C)(C)C)ccn3)c3oc4ccccc4c3c2)nc2ccccc21.[Pt+2]. The maximum Gasteiger partial charge on any atom is 2.00 e. The van der Waals surface area contributed by atoms with Gasteiger partial charge < -0.3 is 18.3 Å². The van der Waals surface area contributed by atoms with E-state index in [0.29, 0.717) is 17.1 Å². The molecule has 0 saturated heterocycles. The van der Waals surface area contributed by atoms with E-state index in [4.69, 9.17) is 19.1 Å². The monoisotopic (exact) mass is 895 g/mol. The van der Waals surface area contributed by atoms with Gasteiger partial charge in [-0.1, -0.05) is 104 Å². The van der Waals surface area contributed by atoms with E-state index in [1.807, 2.05) is 36.5 Å². The van der Waals surface area contributed by atoms with Crippen LogP contribution in [0.3, 0.4) is 0 Å². The largest absolute Gasteiger partial charge is 2.00 e. The average molecular weight is 896 g/mol. The van der Waals surface area contributed by atoms with Gasteiger partial charge in [-0.25, -0.2) is 4.98 Å². The Morgan fingerprint density at radius 2 is 1.40 bits per heavy atom. The molecule has 55 heavy (non-hydrogen) atoms. The van der Waals surface area contributed by atoms with Crippen molar-refractivity contribution >= 4 is 54.8 Å². The molecule has 4 aromatic heterocycles. The molecule has 10 aromatic rings. The molecule has 0 bridgehead atoms. The van der Waals surface area contributed by atoms with Crippen LogP contribution in [0.2, 0.25) is 0 Å². The molecule has 0 saturated carbocycles. The summed E-state index contributed by atoms with van der Waals surface area (Å²) >= 11 is 0. The third-order valence-electron chi connectivity index (χ3n) is 10.5. The van der Waals surface area contributed by atoms with Gasteiger partial charge in [0, 0.05) is 28.5 Å².